The van der Waals surface area contributed by atoms with Crippen molar-refractivity contribution >= 4 is 5.97 Å². The molecular formula is C21H22N2O5. The third kappa shape index (κ3) is 3.64. The minimum atomic E-state index is -0.902. The number of fused-ring (bicyclic) bond motifs is 1. The number of hydrogen-bond acceptors (Lipinski definition) is 6. The summed E-state index contributed by atoms with van der Waals surface area (Å²) in [6.07, 6.45) is 1.21. The van der Waals surface area contributed by atoms with E-state index in [2.05, 4.69) is 6.07 Å². The van der Waals surface area contributed by atoms with E-state index in [0.717, 1.165) is 0 Å². The van der Waals surface area contributed by atoms with Gasteiger partial charge in [0.1, 0.15) is 17.4 Å². The molecule has 2 atom stereocenters. The highest BCUT2D eigenvalue weighted by Gasteiger charge is 2.47. The number of aliphatic hydroxyl groups is 1. The van der Waals surface area contributed by atoms with Crippen molar-refractivity contribution in [2.24, 2.45) is 0 Å². The lowest BCUT2D eigenvalue weighted by Crippen LogP contribution is -2.54. The first kappa shape index (κ1) is 19.6. The van der Waals surface area contributed by atoms with E-state index in [-0.39, 0.29) is 12.2 Å². The Hall–Kier alpha value is -3.11. The van der Waals surface area contributed by atoms with Crippen molar-refractivity contribution in [3.05, 3.63) is 63.6 Å². The van der Waals surface area contributed by atoms with Crippen molar-refractivity contribution in [2.75, 3.05) is 6.61 Å². The molecule has 0 saturated carbocycles. The van der Waals surface area contributed by atoms with Crippen LogP contribution in [0.2, 0.25) is 0 Å². The molecule has 2 aromatic rings. The van der Waals surface area contributed by atoms with Crippen molar-refractivity contribution < 1.29 is 19.4 Å². The minimum absolute atomic E-state index is 0.0574. The smallest absolute Gasteiger partial charge is 0.303 e. The number of carbonyl (C=O) groups is 1. The third-order valence-electron chi connectivity index (χ3n) is 4.81. The van der Waals surface area contributed by atoms with Gasteiger partial charge in [0, 0.05) is 31.4 Å². The van der Waals surface area contributed by atoms with Crippen LogP contribution in [0.15, 0.2) is 41.3 Å². The molecule has 1 aliphatic rings. The summed E-state index contributed by atoms with van der Waals surface area (Å²) in [6.45, 7) is 4.83. The third-order valence-corrected chi connectivity index (χ3v) is 4.81. The zero-order valence-electron chi connectivity index (χ0n) is 16.0. The molecule has 7 nitrogen and oxygen atoms in total. The summed E-state index contributed by atoms with van der Waals surface area (Å²) in [7, 11) is 0. The Morgan fingerprint density at radius 3 is 2.71 bits per heavy atom. The van der Waals surface area contributed by atoms with Gasteiger partial charge in [0.05, 0.1) is 11.6 Å². The van der Waals surface area contributed by atoms with Gasteiger partial charge < -0.3 is 19.1 Å². The van der Waals surface area contributed by atoms with Gasteiger partial charge >= 0.3 is 5.97 Å². The molecule has 1 aromatic heterocycles. The molecule has 0 saturated heterocycles. The Labute approximate surface area is 162 Å². The Bertz CT molecular complexity index is 1000. The number of carbonyl (C=O) groups excluding carboxylic acids is 1. The van der Waals surface area contributed by atoms with Gasteiger partial charge in [0.2, 0.25) is 0 Å². The zero-order valence-corrected chi connectivity index (χ0v) is 16.0. The maximum Gasteiger partial charge on any atom is 0.303 e. The summed E-state index contributed by atoms with van der Waals surface area (Å²) >= 11 is 0. The monoisotopic (exact) mass is 382 g/mol. The average Bonchev–Trinajstić information content (AvgIpc) is 2.62. The van der Waals surface area contributed by atoms with Gasteiger partial charge in [-0.3, -0.25) is 9.59 Å². The van der Waals surface area contributed by atoms with Gasteiger partial charge in [0.15, 0.2) is 6.10 Å². The number of ether oxygens (including phenoxy) is 2. The van der Waals surface area contributed by atoms with Crippen LogP contribution >= 0.6 is 0 Å². The molecule has 0 amide bonds. The number of nitrogens with zero attached hydrogens (tertiary/aromatic N) is 2. The van der Waals surface area contributed by atoms with Crippen LogP contribution in [0.25, 0.3) is 0 Å². The van der Waals surface area contributed by atoms with E-state index < -0.39 is 23.7 Å². The van der Waals surface area contributed by atoms with E-state index in [9.17, 15) is 14.9 Å². The van der Waals surface area contributed by atoms with E-state index in [1.54, 1.807) is 44.3 Å². The van der Waals surface area contributed by atoms with E-state index in [1.807, 2.05) is 0 Å². The summed E-state index contributed by atoms with van der Waals surface area (Å²) in [6, 6.07) is 9.62. The molecule has 0 aliphatic carbocycles. The van der Waals surface area contributed by atoms with E-state index >= 15 is 0 Å². The van der Waals surface area contributed by atoms with Crippen molar-refractivity contribution in [3.8, 4) is 11.8 Å². The summed E-state index contributed by atoms with van der Waals surface area (Å²) in [5.74, 6) is 0.0419. The van der Waals surface area contributed by atoms with Crippen LogP contribution in [-0.4, -0.2) is 34.0 Å². The first-order valence-corrected chi connectivity index (χ1v) is 8.99. The van der Waals surface area contributed by atoms with E-state index in [0.29, 0.717) is 28.9 Å². The topological polar surface area (TPSA) is 102 Å². The lowest BCUT2D eigenvalue weighted by Gasteiger charge is -2.44. The highest BCUT2D eigenvalue weighted by atomic mass is 16.6. The number of hydrogen-bond donors (Lipinski definition) is 1. The summed E-state index contributed by atoms with van der Waals surface area (Å²) in [5, 5.41) is 18.4. The van der Waals surface area contributed by atoms with Gasteiger partial charge in [-0.2, -0.15) is 5.26 Å². The molecule has 7 heteroatoms. The molecule has 1 N–H and O–H groups in total. The predicted octanol–water partition coefficient (Wildman–Crippen LogP) is 1.95. The average molecular weight is 382 g/mol. The SMILES string of the molecule is CC(=O)OC1C(n2ccc(CCO)cc2=O)c2cc(C#N)ccc2OC1(C)C. The molecule has 2 heterocycles. The van der Waals surface area contributed by atoms with Crippen molar-refractivity contribution in [1.29, 1.82) is 5.26 Å². The van der Waals surface area contributed by atoms with Crippen LogP contribution < -0.4 is 10.3 Å². The summed E-state index contributed by atoms with van der Waals surface area (Å²) < 4.78 is 13.1. The van der Waals surface area contributed by atoms with Crippen LogP contribution in [0.5, 0.6) is 5.75 Å². The van der Waals surface area contributed by atoms with Crippen LogP contribution in [-0.2, 0) is 16.0 Å². The van der Waals surface area contributed by atoms with Crippen molar-refractivity contribution in [2.45, 2.75) is 44.9 Å². The van der Waals surface area contributed by atoms with E-state index in [4.69, 9.17) is 14.6 Å². The fourth-order valence-electron chi connectivity index (χ4n) is 3.55. The van der Waals surface area contributed by atoms with Gasteiger partial charge in [-0.15, -0.1) is 0 Å². The number of pyridine rings is 1. The fraction of sp³-hybridized carbons (Fsp3) is 0.381. The normalized spacial score (nSPS) is 19.8. The number of esters is 1. The maximum absolute atomic E-state index is 12.9. The number of rotatable bonds is 4. The van der Waals surface area contributed by atoms with Crippen LogP contribution in [0.3, 0.4) is 0 Å². The minimum Gasteiger partial charge on any atom is -0.484 e. The molecule has 3 rings (SSSR count). The van der Waals surface area contributed by atoms with Gasteiger partial charge in [-0.1, -0.05) is 0 Å². The largest absolute Gasteiger partial charge is 0.484 e. The lowest BCUT2D eigenvalue weighted by atomic mass is 9.85. The molecule has 0 bridgehead atoms. The van der Waals surface area contributed by atoms with Crippen LogP contribution in [0.1, 0.15) is 43.5 Å². The molecule has 0 fully saturated rings. The number of nitriles is 1. The quantitative estimate of drug-likeness (QED) is 0.811. The molecule has 0 radical (unpaired) electrons. The van der Waals surface area contributed by atoms with Gasteiger partial charge in [-0.25, -0.2) is 0 Å². The fourth-order valence-corrected chi connectivity index (χ4v) is 3.55. The van der Waals surface area contributed by atoms with Crippen LogP contribution in [0.4, 0.5) is 0 Å². The van der Waals surface area contributed by atoms with Gasteiger partial charge in [0.25, 0.3) is 5.56 Å². The van der Waals surface area contributed by atoms with Gasteiger partial charge in [-0.05, 0) is 50.1 Å². The lowest BCUT2D eigenvalue weighted by molar-refractivity contribution is -0.163. The Balaban J connectivity index is 2.22. The molecule has 1 aromatic carbocycles. The zero-order chi connectivity index (χ0) is 20.5. The van der Waals surface area contributed by atoms with Crippen LogP contribution in [0, 0.1) is 11.3 Å². The standard InChI is InChI=1S/C21H22N2O5/c1-13(25)27-20-19(23-8-6-14(7-9-24)11-18(23)26)16-10-15(12-22)4-5-17(16)28-21(20,2)3/h4-6,8,10-11,19-20,24H,7,9H2,1-3H3. The molecule has 28 heavy (non-hydrogen) atoms. The maximum atomic E-state index is 12.9. The Morgan fingerprint density at radius 1 is 1.36 bits per heavy atom. The first-order valence-electron chi connectivity index (χ1n) is 8.99. The number of aliphatic hydroxyl groups excluding tert-OH is 1. The Kier molecular flexibility index (Phi) is 5.25. The molecule has 0 spiro atoms. The molecule has 146 valence electrons. The number of benzene rings is 1. The second-order valence-electron chi connectivity index (χ2n) is 7.30. The summed E-state index contributed by atoms with van der Waals surface area (Å²) in [5.41, 5.74) is 0.533. The first-order chi connectivity index (χ1) is 13.3. The second-order valence-corrected chi connectivity index (χ2v) is 7.30. The number of aromatic nitrogens is 1. The predicted molar refractivity (Wildman–Crippen MR) is 101 cm³/mol. The highest BCUT2D eigenvalue weighted by molar-refractivity contribution is 5.66. The molecule has 1 aliphatic heterocycles. The second kappa shape index (κ2) is 7.49. The summed E-state index contributed by atoms with van der Waals surface area (Å²) in [4.78, 5) is 24.6. The van der Waals surface area contributed by atoms with Crippen molar-refractivity contribution in [1.82, 2.24) is 4.57 Å². The highest BCUT2D eigenvalue weighted by Crippen LogP contribution is 2.43. The molecular weight excluding hydrogens is 360 g/mol. The molecule has 2 unspecified atom stereocenters. The van der Waals surface area contributed by atoms with Crippen molar-refractivity contribution in [3.63, 3.8) is 0 Å². The Morgan fingerprint density at radius 2 is 2.11 bits per heavy atom. The van der Waals surface area contributed by atoms with E-state index in [1.165, 1.54) is 17.6 Å².